The summed E-state index contributed by atoms with van der Waals surface area (Å²) in [7, 11) is 0. The number of carbonyl (C=O) groups excluding carboxylic acids is 1. The van der Waals surface area contributed by atoms with E-state index in [0.717, 1.165) is 17.8 Å². The molecule has 0 aliphatic rings. The van der Waals surface area contributed by atoms with Crippen LogP contribution in [0.5, 0.6) is 0 Å². The summed E-state index contributed by atoms with van der Waals surface area (Å²) in [6.45, 7) is 4.00. The molecule has 7 nitrogen and oxygen atoms in total. The van der Waals surface area contributed by atoms with Crippen molar-refractivity contribution < 1.29 is 4.79 Å². The largest absolute Gasteiger partial charge is 0.274 e. The molecule has 1 amide bonds. The Labute approximate surface area is 149 Å². The lowest BCUT2D eigenvalue weighted by Crippen LogP contribution is -2.22. The molecule has 0 aliphatic heterocycles. The zero-order valence-corrected chi connectivity index (χ0v) is 14.7. The Morgan fingerprint density at radius 3 is 2.72 bits per heavy atom. The number of nitrogens with zero attached hydrogens (tertiary/aromatic N) is 6. The Balaban J connectivity index is 1.84. The maximum atomic E-state index is 12.1. The Morgan fingerprint density at radius 1 is 1.36 bits per heavy atom. The molecule has 25 heavy (non-hydrogen) atoms. The zero-order chi connectivity index (χ0) is 17.8. The topological polar surface area (TPSA) is 87.7 Å². The average Bonchev–Trinajstić information content (AvgIpc) is 3.25. The molecule has 1 aromatic carbocycles. The van der Waals surface area contributed by atoms with Crippen LogP contribution in [0.2, 0.25) is 0 Å². The first-order valence-electron chi connectivity index (χ1n) is 7.74. The number of aromatic nitrogens is 4. The molecule has 2 heterocycles. The number of hydrogen-bond acceptors (Lipinski definition) is 6. The number of thiazole rings is 1. The number of aryl methyl sites for hydroxylation is 1. The maximum absolute atomic E-state index is 12.1. The lowest BCUT2D eigenvalue weighted by atomic mass is 10.1. The van der Waals surface area contributed by atoms with Crippen molar-refractivity contribution in [3.05, 3.63) is 53.1 Å². The van der Waals surface area contributed by atoms with Gasteiger partial charge in [-0.3, -0.25) is 9.69 Å². The third-order valence-electron chi connectivity index (χ3n) is 3.61. The van der Waals surface area contributed by atoms with E-state index < -0.39 is 0 Å². The van der Waals surface area contributed by atoms with Gasteiger partial charge in [0.15, 0.2) is 5.13 Å². The molecule has 2 aromatic heterocycles. The van der Waals surface area contributed by atoms with Crippen molar-refractivity contribution in [1.82, 2.24) is 19.7 Å². The van der Waals surface area contributed by atoms with Crippen molar-refractivity contribution >= 4 is 28.1 Å². The summed E-state index contributed by atoms with van der Waals surface area (Å²) in [5.41, 5.74) is 2.76. The van der Waals surface area contributed by atoms with E-state index in [-0.39, 0.29) is 11.7 Å². The second-order valence-electron chi connectivity index (χ2n) is 5.37. The molecule has 8 heteroatoms. The van der Waals surface area contributed by atoms with Gasteiger partial charge in [0.05, 0.1) is 17.9 Å². The molecule has 0 bridgehead atoms. The van der Waals surface area contributed by atoms with Gasteiger partial charge in [0.1, 0.15) is 12.4 Å². The van der Waals surface area contributed by atoms with Crippen LogP contribution >= 0.6 is 11.3 Å². The summed E-state index contributed by atoms with van der Waals surface area (Å²) >= 11 is 1.39. The lowest BCUT2D eigenvalue weighted by molar-refractivity contribution is -0.115. The number of rotatable bonds is 5. The van der Waals surface area contributed by atoms with Crippen molar-refractivity contribution in [1.29, 1.82) is 5.26 Å². The van der Waals surface area contributed by atoms with E-state index in [4.69, 9.17) is 5.26 Å². The van der Waals surface area contributed by atoms with Crippen molar-refractivity contribution in [2.75, 3.05) is 4.90 Å². The van der Waals surface area contributed by atoms with Crippen molar-refractivity contribution in [2.24, 2.45) is 0 Å². The zero-order valence-electron chi connectivity index (χ0n) is 13.9. The minimum absolute atomic E-state index is 0.0994. The fourth-order valence-corrected chi connectivity index (χ4v) is 3.25. The number of carbonyl (C=O) groups is 1. The molecule has 0 fully saturated rings. The van der Waals surface area contributed by atoms with Crippen LogP contribution < -0.4 is 4.90 Å². The fourth-order valence-electron chi connectivity index (χ4n) is 2.37. The standard InChI is InChI=1S/C17H16N6OS/c1-3-13-4-6-15(7-5-13)23(12(2)24)17-20-14(10-25-17)9-22-11-19-16(8-18)21-22/h4-7,10-11H,3,9H2,1-2H3. The predicted molar refractivity (Wildman–Crippen MR) is 94.6 cm³/mol. The van der Waals surface area contributed by atoms with E-state index in [9.17, 15) is 4.79 Å². The van der Waals surface area contributed by atoms with Gasteiger partial charge in [-0.1, -0.05) is 19.1 Å². The molecule has 0 aliphatic carbocycles. The van der Waals surface area contributed by atoms with Gasteiger partial charge in [-0.2, -0.15) is 5.26 Å². The van der Waals surface area contributed by atoms with E-state index in [1.807, 2.05) is 35.7 Å². The minimum atomic E-state index is -0.0994. The highest BCUT2D eigenvalue weighted by molar-refractivity contribution is 7.14. The summed E-state index contributed by atoms with van der Waals surface area (Å²) in [6.07, 6.45) is 2.44. The number of nitriles is 1. The molecule has 0 spiro atoms. The second-order valence-corrected chi connectivity index (χ2v) is 6.21. The fraction of sp³-hybridized carbons (Fsp3) is 0.235. The smallest absolute Gasteiger partial charge is 0.252 e. The van der Waals surface area contributed by atoms with E-state index in [0.29, 0.717) is 11.7 Å². The number of amides is 1. The Kier molecular flexibility index (Phi) is 4.86. The lowest BCUT2D eigenvalue weighted by Gasteiger charge is -2.18. The Morgan fingerprint density at radius 2 is 2.12 bits per heavy atom. The van der Waals surface area contributed by atoms with Crippen LogP contribution in [0.4, 0.5) is 10.8 Å². The van der Waals surface area contributed by atoms with Crippen molar-refractivity contribution in [2.45, 2.75) is 26.8 Å². The molecule has 126 valence electrons. The first-order valence-corrected chi connectivity index (χ1v) is 8.62. The van der Waals surface area contributed by atoms with Crippen LogP contribution in [0.1, 0.15) is 30.9 Å². The molecule has 0 unspecified atom stereocenters. The summed E-state index contributed by atoms with van der Waals surface area (Å²) in [6, 6.07) is 9.77. The molecule has 0 radical (unpaired) electrons. The van der Waals surface area contributed by atoms with E-state index in [1.54, 1.807) is 9.58 Å². The van der Waals surface area contributed by atoms with Crippen molar-refractivity contribution in [3.63, 3.8) is 0 Å². The highest BCUT2D eigenvalue weighted by Crippen LogP contribution is 2.29. The normalized spacial score (nSPS) is 10.4. The maximum Gasteiger partial charge on any atom is 0.252 e. The average molecular weight is 352 g/mol. The Hall–Kier alpha value is -3.05. The Bertz CT molecular complexity index is 921. The quantitative estimate of drug-likeness (QED) is 0.704. The molecule has 0 saturated heterocycles. The second kappa shape index (κ2) is 7.23. The van der Waals surface area contributed by atoms with Gasteiger partial charge in [0.2, 0.25) is 5.91 Å². The SMILES string of the molecule is CCc1ccc(N(C(C)=O)c2nc(Cn3cnc(C#N)n3)cs2)cc1. The van der Waals surface area contributed by atoms with Crippen LogP contribution in [0.25, 0.3) is 0 Å². The number of hydrogen-bond donors (Lipinski definition) is 0. The highest BCUT2D eigenvalue weighted by atomic mass is 32.1. The van der Waals surface area contributed by atoms with E-state index in [1.165, 1.54) is 30.2 Å². The van der Waals surface area contributed by atoms with E-state index >= 15 is 0 Å². The molecule has 3 rings (SSSR count). The number of anilines is 2. The third kappa shape index (κ3) is 3.72. The highest BCUT2D eigenvalue weighted by Gasteiger charge is 2.18. The van der Waals surface area contributed by atoms with E-state index in [2.05, 4.69) is 22.0 Å². The summed E-state index contributed by atoms with van der Waals surface area (Å²) < 4.78 is 1.55. The van der Waals surface area contributed by atoms with Crippen LogP contribution in [0.15, 0.2) is 36.0 Å². The number of benzene rings is 1. The third-order valence-corrected chi connectivity index (χ3v) is 4.48. The molecule has 0 atom stereocenters. The predicted octanol–water partition coefficient (Wildman–Crippen LogP) is 2.90. The monoisotopic (exact) mass is 352 g/mol. The first-order chi connectivity index (χ1) is 12.1. The van der Waals surface area contributed by atoms with Gasteiger partial charge in [0, 0.05) is 12.3 Å². The van der Waals surface area contributed by atoms with Gasteiger partial charge in [0.25, 0.3) is 5.82 Å². The summed E-state index contributed by atoms with van der Waals surface area (Å²) in [4.78, 5) is 22.1. The molecular weight excluding hydrogens is 336 g/mol. The van der Waals surface area contributed by atoms with Gasteiger partial charge in [-0.15, -0.1) is 16.4 Å². The van der Waals surface area contributed by atoms with Crippen LogP contribution in [-0.2, 0) is 17.8 Å². The van der Waals surface area contributed by atoms with Gasteiger partial charge in [-0.05, 0) is 24.1 Å². The van der Waals surface area contributed by atoms with Gasteiger partial charge < -0.3 is 0 Å². The first kappa shape index (κ1) is 16.8. The van der Waals surface area contributed by atoms with Crippen molar-refractivity contribution in [3.8, 4) is 6.07 Å². The summed E-state index contributed by atoms with van der Waals surface area (Å²) in [5, 5.41) is 15.3. The molecule has 0 saturated carbocycles. The van der Waals surface area contributed by atoms with Gasteiger partial charge in [-0.25, -0.2) is 14.6 Å². The van der Waals surface area contributed by atoms with Crippen LogP contribution in [0.3, 0.4) is 0 Å². The molecule has 0 N–H and O–H groups in total. The molecular formula is C17H16N6OS. The van der Waals surface area contributed by atoms with Crippen LogP contribution in [-0.4, -0.2) is 25.7 Å². The van der Waals surface area contributed by atoms with Crippen LogP contribution in [0, 0.1) is 11.3 Å². The van der Waals surface area contributed by atoms with Gasteiger partial charge >= 0.3 is 0 Å². The molecule has 3 aromatic rings. The summed E-state index contributed by atoms with van der Waals surface area (Å²) in [5.74, 6) is 0.0227. The minimum Gasteiger partial charge on any atom is -0.274 e.